The molecule has 0 aliphatic heterocycles. The molecule has 1 N–H and O–H groups in total. The van der Waals surface area contributed by atoms with Crippen LogP contribution in [0.1, 0.15) is 55.4 Å². The van der Waals surface area contributed by atoms with E-state index in [0.717, 1.165) is 35.8 Å². The van der Waals surface area contributed by atoms with Crippen LogP contribution in [0, 0.1) is 5.92 Å². The number of halogens is 2. The molecule has 2 atom stereocenters. The molecule has 2 unspecified atom stereocenters. The molecule has 2 saturated carbocycles. The van der Waals surface area contributed by atoms with Crippen molar-refractivity contribution in [3.8, 4) is 17.1 Å². The van der Waals surface area contributed by atoms with Crippen LogP contribution in [0.15, 0.2) is 59.8 Å². The van der Waals surface area contributed by atoms with Gasteiger partial charge in [0.1, 0.15) is 10.1 Å². The molecule has 3 aromatic rings. The van der Waals surface area contributed by atoms with Crippen LogP contribution in [0.4, 0.5) is 0 Å². The lowest BCUT2D eigenvalue weighted by Crippen LogP contribution is -2.16. The van der Waals surface area contributed by atoms with Gasteiger partial charge in [-0.15, -0.1) is 33.4 Å². The van der Waals surface area contributed by atoms with E-state index in [0.29, 0.717) is 6.04 Å². The number of nitrogens with zero attached hydrogens (tertiary/aromatic N) is 3. The molecule has 2 aliphatic carbocycles. The van der Waals surface area contributed by atoms with Crippen molar-refractivity contribution in [1.29, 1.82) is 0 Å². The second-order valence-electron chi connectivity index (χ2n) is 8.54. The summed E-state index contributed by atoms with van der Waals surface area (Å²) in [5.41, 5.74) is 2.18. The molecule has 31 heavy (non-hydrogen) atoms. The van der Waals surface area contributed by atoms with Gasteiger partial charge in [-0.2, -0.15) is 0 Å². The van der Waals surface area contributed by atoms with Crippen molar-refractivity contribution in [2.24, 2.45) is 5.92 Å². The van der Waals surface area contributed by atoms with Gasteiger partial charge in [-0.1, -0.05) is 61.4 Å². The fraction of sp³-hybridized carbons (Fsp3) is 0.417. The minimum absolute atomic E-state index is 0.121. The maximum Gasteiger partial charge on any atom is 0.192 e. The zero-order chi connectivity index (χ0) is 21.4. The molecule has 0 amide bonds. The zero-order valence-corrected chi connectivity index (χ0v) is 19.5. The molecule has 4 nitrogen and oxygen atoms in total. The van der Waals surface area contributed by atoms with Gasteiger partial charge in [0.15, 0.2) is 11.0 Å². The normalized spacial score (nSPS) is 21.7. The Labute approximate surface area is 197 Å². The topological polar surface area (TPSA) is 50.9 Å². The average Bonchev–Trinajstić information content (AvgIpc) is 3.23. The molecular formula is C24H25Cl2N3OS. The van der Waals surface area contributed by atoms with Crippen LogP contribution in [0.3, 0.4) is 0 Å². The lowest BCUT2D eigenvalue weighted by molar-refractivity contribution is 0.339. The quantitative estimate of drug-likeness (QED) is 0.304. The Bertz CT molecular complexity index is 1030. The van der Waals surface area contributed by atoms with Crippen LogP contribution in [0.5, 0.6) is 5.75 Å². The Morgan fingerprint density at radius 3 is 2.29 bits per heavy atom. The molecule has 0 bridgehead atoms. The third-order valence-corrected chi connectivity index (χ3v) is 8.54. The Morgan fingerprint density at radius 1 is 0.968 bits per heavy atom. The third kappa shape index (κ3) is 4.46. The molecule has 5 rings (SSSR count). The number of thioether (sulfide) groups is 1. The van der Waals surface area contributed by atoms with Crippen molar-refractivity contribution in [2.45, 2.75) is 59.3 Å². The standard InChI is InChI=1S/C24H25Cl2N3OS/c25-24(26)15-20(24)21(16-7-3-1-4-8-16)31-23-28-27-22(17-11-13-19(30)14-12-17)29(23)18-9-5-2-6-10-18/h1,3-4,7-8,11-14,18,20-21,30H,2,5-6,9-10,15H2. The third-order valence-electron chi connectivity index (χ3n) is 6.33. The summed E-state index contributed by atoms with van der Waals surface area (Å²) in [6, 6.07) is 18.0. The van der Waals surface area contributed by atoms with Crippen LogP contribution in [-0.2, 0) is 0 Å². The fourth-order valence-electron chi connectivity index (χ4n) is 4.53. The number of phenolic OH excluding ortho intramolecular Hbond substituents is 1. The Morgan fingerprint density at radius 2 is 1.65 bits per heavy atom. The van der Waals surface area contributed by atoms with Crippen LogP contribution >= 0.6 is 35.0 Å². The highest BCUT2D eigenvalue weighted by atomic mass is 35.5. The van der Waals surface area contributed by atoms with Gasteiger partial charge in [-0.3, -0.25) is 4.57 Å². The summed E-state index contributed by atoms with van der Waals surface area (Å²) in [6.07, 6.45) is 6.77. The predicted molar refractivity (Wildman–Crippen MR) is 127 cm³/mol. The van der Waals surface area contributed by atoms with Crippen molar-refractivity contribution in [3.63, 3.8) is 0 Å². The highest BCUT2D eigenvalue weighted by Crippen LogP contribution is 2.63. The maximum absolute atomic E-state index is 9.72. The number of aromatic nitrogens is 3. The first-order valence-corrected chi connectivity index (χ1v) is 12.5. The van der Waals surface area contributed by atoms with Crippen molar-refractivity contribution < 1.29 is 5.11 Å². The maximum atomic E-state index is 9.72. The van der Waals surface area contributed by atoms with Crippen LogP contribution < -0.4 is 0 Å². The number of aromatic hydroxyl groups is 1. The van der Waals surface area contributed by atoms with Crippen molar-refractivity contribution in [2.75, 3.05) is 0 Å². The van der Waals surface area contributed by atoms with Gasteiger partial charge in [0.05, 0.1) is 0 Å². The lowest BCUT2D eigenvalue weighted by atomic mass is 9.95. The van der Waals surface area contributed by atoms with Gasteiger partial charge in [-0.05, 0) is 49.1 Å². The molecular weight excluding hydrogens is 449 g/mol. The van der Waals surface area contributed by atoms with Crippen LogP contribution in [-0.4, -0.2) is 24.2 Å². The first-order valence-electron chi connectivity index (χ1n) is 10.9. The fourth-order valence-corrected chi connectivity index (χ4v) is 6.72. The van der Waals surface area contributed by atoms with E-state index >= 15 is 0 Å². The highest BCUT2D eigenvalue weighted by molar-refractivity contribution is 7.99. The number of hydrogen-bond donors (Lipinski definition) is 1. The average molecular weight is 474 g/mol. The van der Waals surface area contributed by atoms with E-state index in [1.165, 1.54) is 24.8 Å². The highest BCUT2D eigenvalue weighted by Gasteiger charge is 2.56. The van der Waals surface area contributed by atoms with E-state index in [2.05, 4.69) is 39.0 Å². The molecule has 162 valence electrons. The van der Waals surface area contributed by atoms with Crippen LogP contribution in [0.25, 0.3) is 11.4 Å². The first-order chi connectivity index (χ1) is 15.0. The molecule has 1 aromatic heterocycles. The summed E-state index contributed by atoms with van der Waals surface area (Å²) in [5.74, 6) is 1.29. The Kier molecular flexibility index (Phi) is 5.93. The number of hydrogen-bond acceptors (Lipinski definition) is 4. The molecule has 7 heteroatoms. The van der Waals surface area contributed by atoms with Gasteiger partial charge in [-0.25, -0.2) is 0 Å². The van der Waals surface area contributed by atoms with Crippen molar-refractivity contribution >= 4 is 35.0 Å². The van der Waals surface area contributed by atoms with Gasteiger partial charge in [0, 0.05) is 22.8 Å². The van der Waals surface area contributed by atoms with Gasteiger partial charge in [0.2, 0.25) is 0 Å². The number of rotatable bonds is 6. The van der Waals surface area contributed by atoms with E-state index in [9.17, 15) is 5.11 Å². The monoisotopic (exact) mass is 473 g/mol. The van der Waals surface area contributed by atoms with E-state index in [1.807, 2.05) is 18.2 Å². The Hall–Kier alpha value is -1.69. The van der Waals surface area contributed by atoms with Gasteiger partial charge < -0.3 is 5.11 Å². The summed E-state index contributed by atoms with van der Waals surface area (Å²) < 4.78 is 1.64. The smallest absolute Gasteiger partial charge is 0.192 e. The van der Waals surface area contributed by atoms with E-state index < -0.39 is 4.33 Å². The van der Waals surface area contributed by atoms with Gasteiger partial charge in [0.25, 0.3) is 0 Å². The van der Waals surface area contributed by atoms with Crippen LogP contribution in [0.2, 0.25) is 0 Å². The molecule has 0 spiro atoms. The summed E-state index contributed by atoms with van der Waals surface area (Å²) >= 11 is 14.7. The molecule has 1 heterocycles. The van der Waals surface area contributed by atoms with Gasteiger partial charge >= 0.3 is 0 Å². The van der Waals surface area contributed by atoms with E-state index in [1.54, 1.807) is 23.9 Å². The van der Waals surface area contributed by atoms with Crippen molar-refractivity contribution in [3.05, 3.63) is 60.2 Å². The van der Waals surface area contributed by atoms with Crippen molar-refractivity contribution in [1.82, 2.24) is 14.8 Å². The first kappa shape index (κ1) is 21.2. The van der Waals surface area contributed by atoms with E-state index in [-0.39, 0.29) is 16.9 Å². The second kappa shape index (κ2) is 8.68. The summed E-state index contributed by atoms with van der Waals surface area (Å²) in [5, 5.41) is 20.0. The molecule has 2 aliphatic rings. The summed E-state index contributed by atoms with van der Waals surface area (Å²) in [7, 11) is 0. The number of benzene rings is 2. The van der Waals surface area contributed by atoms with E-state index in [4.69, 9.17) is 23.2 Å². The minimum Gasteiger partial charge on any atom is -0.508 e. The largest absolute Gasteiger partial charge is 0.508 e. The second-order valence-corrected chi connectivity index (χ2v) is 11.2. The molecule has 2 aromatic carbocycles. The minimum atomic E-state index is -0.678. The molecule has 2 fully saturated rings. The zero-order valence-electron chi connectivity index (χ0n) is 17.1. The molecule has 0 saturated heterocycles. The predicted octanol–water partition coefficient (Wildman–Crippen LogP) is 7.18. The molecule has 0 radical (unpaired) electrons. The SMILES string of the molecule is Oc1ccc(-c2nnc(SC(c3ccccc3)C3CC3(Cl)Cl)n2C2CCCCC2)cc1. The summed E-state index contributed by atoms with van der Waals surface area (Å²) in [4.78, 5) is 0. The lowest BCUT2D eigenvalue weighted by Gasteiger charge is -2.27. The Balaban J connectivity index is 1.54. The summed E-state index contributed by atoms with van der Waals surface area (Å²) in [6.45, 7) is 0. The number of alkyl halides is 2. The number of phenols is 1.